The first kappa shape index (κ1) is 6.14. The fourth-order valence-electron chi connectivity index (χ4n) is 0.968. The Morgan fingerprint density at radius 3 is 2.50 bits per heavy atom. The third-order valence-electron chi connectivity index (χ3n) is 1.33. The van der Waals surface area contributed by atoms with Gasteiger partial charge in [-0.25, -0.2) is 0 Å². The van der Waals surface area contributed by atoms with Gasteiger partial charge >= 0.3 is 0 Å². The van der Waals surface area contributed by atoms with Crippen LogP contribution in [0.25, 0.3) is 0 Å². The summed E-state index contributed by atoms with van der Waals surface area (Å²) in [6, 6.07) is 0. The predicted molar refractivity (Wildman–Crippen MR) is 40.0 cm³/mol. The van der Waals surface area contributed by atoms with Gasteiger partial charge in [-0.15, -0.1) is 0 Å². The highest BCUT2D eigenvalue weighted by atomic mass is 32.1. The molecule has 0 aromatic rings. The molecule has 0 saturated carbocycles. The van der Waals surface area contributed by atoms with E-state index in [1.54, 1.807) is 0 Å². The highest BCUT2D eigenvalue weighted by Gasteiger charge is 2.24. The SMILES string of the molecule is CC1=NCC(C)(S)C1. The van der Waals surface area contributed by atoms with Crippen molar-refractivity contribution in [2.24, 2.45) is 4.99 Å². The maximum atomic E-state index is 4.39. The van der Waals surface area contributed by atoms with Crippen molar-refractivity contribution < 1.29 is 0 Å². The summed E-state index contributed by atoms with van der Waals surface area (Å²) < 4.78 is 0.157. The summed E-state index contributed by atoms with van der Waals surface area (Å²) in [7, 11) is 0. The molecule has 1 atom stereocenters. The number of nitrogens with zero attached hydrogens (tertiary/aromatic N) is 1. The molecule has 0 spiro atoms. The second kappa shape index (κ2) is 1.76. The summed E-state index contributed by atoms with van der Waals surface area (Å²) in [5.74, 6) is 0. The molecule has 0 aromatic carbocycles. The lowest BCUT2D eigenvalue weighted by Crippen LogP contribution is -2.16. The Hall–Kier alpha value is 0.0200. The topological polar surface area (TPSA) is 12.4 Å². The highest BCUT2D eigenvalue weighted by Crippen LogP contribution is 2.24. The number of hydrogen-bond acceptors (Lipinski definition) is 2. The van der Waals surface area contributed by atoms with Crippen LogP contribution in [0.4, 0.5) is 0 Å². The summed E-state index contributed by atoms with van der Waals surface area (Å²) in [5, 5.41) is 0. The first-order valence-corrected chi connectivity index (χ1v) is 3.27. The van der Waals surface area contributed by atoms with Gasteiger partial charge < -0.3 is 0 Å². The molecule has 2 heteroatoms. The van der Waals surface area contributed by atoms with Crippen LogP contribution in [0.3, 0.4) is 0 Å². The van der Waals surface area contributed by atoms with Crippen LogP contribution in [0, 0.1) is 0 Å². The van der Waals surface area contributed by atoms with Gasteiger partial charge in [-0.1, -0.05) is 0 Å². The molecule has 1 aliphatic rings. The second-order valence-electron chi connectivity index (χ2n) is 2.73. The molecule has 1 heterocycles. The van der Waals surface area contributed by atoms with Crippen LogP contribution in [-0.4, -0.2) is 17.0 Å². The first-order valence-electron chi connectivity index (χ1n) is 2.82. The van der Waals surface area contributed by atoms with Crippen molar-refractivity contribution in [2.75, 3.05) is 6.54 Å². The molecule has 0 aromatic heterocycles. The van der Waals surface area contributed by atoms with Gasteiger partial charge in [-0.2, -0.15) is 12.6 Å². The average Bonchev–Trinajstić information content (AvgIpc) is 1.82. The van der Waals surface area contributed by atoms with E-state index in [2.05, 4.69) is 31.5 Å². The monoisotopic (exact) mass is 129 g/mol. The molecule has 0 aliphatic carbocycles. The van der Waals surface area contributed by atoms with E-state index in [1.165, 1.54) is 5.71 Å². The number of hydrogen-bond donors (Lipinski definition) is 1. The van der Waals surface area contributed by atoms with Crippen molar-refractivity contribution >= 4 is 18.3 Å². The Kier molecular flexibility index (Phi) is 1.35. The Bertz CT molecular complexity index is 126. The lowest BCUT2D eigenvalue weighted by atomic mass is 10.1. The van der Waals surface area contributed by atoms with E-state index in [0.717, 1.165) is 13.0 Å². The molecule has 46 valence electrons. The standard InChI is InChI=1S/C6H11NS/c1-5-3-6(2,8)4-7-5/h8H,3-4H2,1-2H3. The Morgan fingerprint density at radius 2 is 2.38 bits per heavy atom. The van der Waals surface area contributed by atoms with Gasteiger partial charge in [0.05, 0.1) is 6.54 Å². The van der Waals surface area contributed by atoms with Gasteiger partial charge in [0, 0.05) is 16.9 Å². The Balaban J connectivity index is 2.55. The summed E-state index contributed by atoms with van der Waals surface area (Å²) in [6.45, 7) is 5.07. The third-order valence-corrected chi connectivity index (χ3v) is 1.63. The molecule has 0 saturated heterocycles. The largest absolute Gasteiger partial charge is 0.293 e. The van der Waals surface area contributed by atoms with Gasteiger partial charge in [0.2, 0.25) is 0 Å². The summed E-state index contributed by atoms with van der Waals surface area (Å²) >= 11 is 4.39. The molecule has 1 unspecified atom stereocenters. The van der Waals surface area contributed by atoms with E-state index in [0.29, 0.717) is 0 Å². The fraction of sp³-hybridized carbons (Fsp3) is 0.833. The molecular formula is C6H11NS. The van der Waals surface area contributed by atoms with Gasteiger partial charge in [0.1, 0.15) is 0 Å². The molecular weight excluding hydrogens is 118 g/mol. The molecule has 8 heavy (non-hydrogen) atoms. The van der Waals surface area contributed by atoms with Crippen LogP contribution in [0.1, 0.15) is 20.3 Å². The van der Waals surface area contributed by atoms with Crippen LogP contribution >= 0.6 is 12.6 Å². The van der Waals surface area contributed by atoms with E-state index in [-0.39, 0.29) is 4.75 Å². The molecule has 1 rings (SSSR count). The van der Waals surface area contributed by atoms with Crippen molar-refractivity contribution in [3.63, 3.8) is 0 Å². The van der Waals surface area contributed by atoms with Crippen molar-refractivity contribution in [3.8, 4) is 0 Å². The van der Waals surface area contributed by atoms with Crippen LogP contribution < -0.4 is 0 Å². The highest BCUT2D eigenvalue weighted by molar-refractivity contribution is 7.81. The van der Waals surface area contributed by atoms with E-state index < -0.39 is 0 Å². The van der Waals surface area contributed by atoms with Crippen LogP contribution in [0.2, 0.25) is 0 Å². The van der Waals surface area contributed by atoms with E-state index in [1.807, 2.05) is 0 Å². The molecule has 1 nitrogen and oxygen atoms in total. The minimum atomic E-state index is 0.157. The number of rotatable bonds is 0. The number of thiol groups is 1. The van der Waals surface area contributed by atoms with Crippen LogP contribution in [0.15, 0.2) is 4.99 Å². The Labute approximate surface area is 55.6 Å². The second-order valence-corrected chi connectivity index (χ2v) is 3.80. The average molecular weight is 129 g/mol. The van der Waals surface area contributed by atoms with Crippen LogP contribution in [0.5, 0.6) is 0 Å². The maximum Gasteiger partial charge on any atom is 0.0534 e. The van der Waals surface area contributed by atoms with Gasteiger partial charge in [-0.3, -0.25) is 4.99 Å². The lowest BCUT2D eigenvalue weighted by molar-refractivity contribution is 0.732. The van der Waals surface area contributed by atoms with Gasteiger partial charge in [0.15, 0.2) is 0 Å². The van der Waals surface area contributed by atoms with Crippen molar-refractivity contribution in [1.29, 1.82) is 0 Å². The lowest BCUT2D eigenvalue weighted by Gasteiger charge is -2.12. The smallest absolute Gasteiger partial charge is 0.0534 e. The zero-order valence-corrected chi connectivity index (χ0v) is 6.20. The third kappa shape index (κ3) is 1.25. The maximum absolute atomic E-state index is 4.39. The van der Waals surface area contributed by atoms with E-state index >= 15 is 0 Å². The normalized spacial score (nSPS) is 37.6. The zero-order valence-electron chi connectivity index (χ0n) is 5.31. The van der Waals surface area contributed by atoms with Gasteiger partial charge in [-0.05, 0) is 13.8 Å². The minimum absolute atomic E-state index is 0.157. The van der Waals surface area contributed by atoms with Crippen LogP contribution in [-0.2, 0) is 0 Å². The van der Waals surface area contributed by atoms with Crippen molar-refractivity contribution in [3.05, 3.63) is 0 Å². The predicted octanol–water partition coefficient (Wildman–Crippen LogP) is 1.54. The summed E-state index contributed by atoms with van der Waals surface area (Å²) in [4.78, 5) is 4.23. The first-order chi connectivity index (χ1) is 3.60. The van der Waals surface area contributed by atoms with E-state index in [4.69, 9.17) is 0 Å². The van der Waals surface area contributed by atoms with Crippen molar-refractivity contribution in [1.82, 2.24) is 0 Å². The quantitative estimate of drug-likeness (QED) is 0.476. The number of aliphatic imine (C=N–C) groups is 1. The van der Waals surface area contributed by atoms with Crippen molar-refractivity contribution in [2.45, 2.75) is 25.0 Å². The molecule has 0 bridgehead atoms. The molecule has 0 N–H and O–H groups in total. The summed E-state index contributed by atoms with van der Waals surface area (Å²) in [5.41, 5.74) is 1.24. The molecule has 0 radical (unpaired) electrons. The van der Waals surface area contributed by atoms with Gasteiger partial charge in [0.25, 0.3) is 0 Å². The molecule has 1 aliphatic heterocycles. The van der Waals surface area contributed by atoms with E-state index in [9.17, 15) is 0 Å². The zero-order chi connectivity index (χ0) is 6.20. The minimum Gasteiger partial charge on any atom is -0.293 e. The molecule has 0 fully saturated rings. The fourth-order valence-corrected chi connectivity index (χ4v) is 1.27. The molecule has 0 amide bonds. The Morgan fingerprint density at radius 1 is 1.75 bits per heavy atom. The summed E-state index contributed by atoms with van der Waals surface area (Å²) in [6.07, 6.45) is 1.05.